The molecule has 2 atom stereocenters. The number of aliphatic carboxylic acids is 2. The smallest absolute Gasteiger partial charge is 0.476 e. The molecule has 0 fully saturated rings. The summed E-state index contributed by atoms with van der Waals surface area (Å²) in [6.45, 7) is 3.49. The fourth-order valence-corrected chi connectivity index (χ4v) is 3.17. The maximum atomic E-state index is 12.4. The maximum absolute atomic E-state index is 12.4. The zero-order valence-electron chi connectivity index (χ0n) is 17.1. The first-order valence-electron chi connectivity index (χ1n) is 10.1. The van der Waals surface area contributed by atoms with Gasteiger partial charge in [0, 0.05) is 6.42 Å². The summed E-state index contributed by atoms with van der Waals surface area (Å²) in [6, 6.07) is 1.71. The summed E-state index contributed by atoms with van der Waals surface area (Å²) < 4.78 is 5.55. The van der Waals surface area contributed by atoms with E-state index in [2.05, 4.69) is 11.9 Å². The van der Waals surface area contributed by atoms with Crippen LogP contribution in [-0.2, 0) is 14.3 Å². The number of carboxylic acid groups (broad SMARTS) is 2. The second-order valence-corrected chi connectivity index (χ2v) is 7.16. The van der Waals surface area contributed by atoms with E-state index in [0.29, 0.717) is 11.0 Å². The Bertz CT molecular complexity index is 709. The van der Waals surface area contributed by atoms with Crippen LogP contribution in [0, 0.1) is 11.3 Å². The molecule has 160 valence electrons. The van der Waals surface area contributed by atoms with Crippen LogP contribution in [0.25, 0.3) is 0 Å². The Kier molecular flexibility index (Phi) is 10.00. The molecule has 0 bridgehead atoms. The van der Waals surface area contributed by atoms with Crippen molar-refractivity contribution in [1.82, 2.24) is 0 Å². The quantitative estimate of drug-likeness (QED) is 0.352. The molecule has 2 unspecified atom stereocenters. The molecular formula is C20H30N3O6+. The Morgan fingerprint density at radius 2 is 1.69 bits per heavy atom. The minimum absolute atomic E-state index is 0.0402. The van der Waals surface area contributed by atoms with E-state index in [1.165, 1.54) is 32.6 Å². The molecule has 1 aliphatic heterocycles. The van der Waals surface area contributed by atoms with Crippen LogP contribution in [0.1, 0.15) is 78.1 Å². The Balaban J connectivity index is 2.77. The zero-order chi connectivity index (χ0) is 21.9. The molecule has 2 N–H and O–H groups in total. The lowest BCUT2D eigenvalue weighted by atomic mass is 10.00. The minimum Gasteiger partial charge on any atom is -0.476 e. The van der Waals surface area contributed by atoms with Crippen LogP contribution in [0.5, 0.6) is 0 Å². The molecule has 0 spiro atoms. The fraction of sp³-hybridized carbons (Fsp3) is 0.700. The molecule has 1 rings (SSSR count). The van der Waals surface area contributed by atoms with E-state index in [0.717, 1.165) is 31.9 Å². The number of rotatable bonds is 13. The number of hydrogen-bond acceptors (Lipinski definition) is 6. The highest BCUT2D eigenvalue weighted by Gasteiger charge is 2.58. The molecule has 1 aliphatic rings. The van der Waals surface area contributed by atoms with Crippen LogP contribution in [0.4, 0.5) is 4.79 Å². The number of nitrogens with zero attached hydrogens (tertiary/aromatic N) is 3. The first-order valence-corrected chi connectivity index (χ1v) is 10.1. The number of amides is 1. The molecule has 0 aromatic heterocycles. The van der Waals surface area contributed by atoms with Crippen LogP contribution in [0.2, 0.25) is 0 Å². The molecule has 0 aromatic rings. The molecule has 9 nitrogen and oxygen atoms in total. The summed E-state index contributed by atoms with van der Waals surface area (Å²) in [5.74, 6) is -2.88. The van der Waals surface area contributed by atoms with Crippen LogP contribution in [-0.4, -0.2) is 56.5 Å². The predicted molar refractivity (Wildman–Crippen MR) is 105 cm³/mol. The molecule has 0 saturated heterocycles. The third-order valence-corrected chi connectivity index (χ3v) is 4.80. The SMILES string of the molecule is CCCCCCCCCCCC1(C(=O)O)N=C(C(=O)O)C=[N+]1C(=O)OC(C)C#N. The van der Waals surface area contributed by atoms with Gasteiger partial charge < -0.3 is 14.9 Å². The summed E-state index contributed by atoms with van der Waals surface area (Å²) in [7, 11) is 0. The fourth-order valence-electron chi connectivity index (χ4n) is 3.17. The van der Waals surface area contributed by atoms with Crippen molar-refractivity contribution in [2.75, 3.05) is 0 Å². The number of carbonyl (C=O) groups is 3. The van der Waals surface area contributed by atoms with Gasteiger partial charge in [-0.25, -0.2) is 9.59 Å². The second kappa shape index (κ2) is 11.9. The molecule has 9 heteroatoms. The van der Waals surface area contributed by atoms with Crippen LogP contribution < -0.4 is 0 Å². The van der Waals surface area contributed by atoms with E-state index in [-0.39, 0.29) is 6.42 Å². The number of aliphatic imine (C=N–C) groups is 1. The highest BCUT2D eigenvalue weighted by molar-refractivity contribution is 6.58. The third kappa shape index (κ3) is 6.97. The van der Waals surface area contributed by atoms with Gasteiger partial charge in [0.15, 0.2) is 6.10 Å². The summed E-state index contributed by atoms with van der Waals surface area (Å²) in [5, 5.41) is 27.8. The van der Waals surface area contributed by atoms with Crippen molar-refractivity contribution in [3.63, 3.8) is 0 Å². The lowest BCUT2D eigenvalue weighted by molar-refractivity contribution is -0.512. The van der Waals surface area contributed by atoms with Gasteiger partial charge in [-0.05, 0) is 13.3 Å². The van der Waals surface area contributed by atoms with E-state index in [1.54, 1.807) is 6.07 Å². The summed E-state index contributed by atoms with van der Waals surface area (Å²) in [4.78, 5) is 39.5. The summed E-state index contributed by atoms with van der Waals surface area (Å²) >= 11 is 0. The lowest BCUT2D eigenvalue weighted by Gasteiger charge is -2.18. The van der Waals surface area contributed by atoms with E-state index in [9.17, 15) is 24.6 Å². The van der Waals surface area contributed by atoms with E-state index >= 15 is 0 Å². The van der Waals surface area contributed by atoms with Gasteiger partial charge in [0.05, 0.1) is 0 Å². The first-order chi connectivity index (χ1) is 13.8. The van der Waals surface area contributed by atoms with Gasteiger partial charge >= 0.3 is 23.7 Å². The number of carbonyl (C=O) groups excluding carboxylic acids is 1. The number of ether oxygens (including phenoxy) is 1. The Morgan fingerprint density at radius 1 is 1.14 bits per heavy atom. The third-order valence-electron chi connectivity index (χ3n) is 4.80. The maximum Gasteiger partial charge on any atom is 0.600 e. The Labute approximate surface area is 170 Å². The van der Waals surface area contributed by atoms with Gasteiger partial charge in [-0.3, -0.25) is 0 Å². The standard InChI is InChI=1S/C20H29N3O6/c1-3-4-5-6-7-8-9-10-11-12-20(18(26)27)22-16(17(24)25)14-23(20)19(28)29-15(2)13-21/h14-15H,3-12H2,1-2H3,(H-,24,25,26,27)/p+1. The van der Waals surface area contributed by atoms with Crippen molar-refractivity contribution < 1.29 is 33.9 Å². The summed E-state index contributed by atoms with van der Waals surface area (Å²) in [6.07, 6.45) is 7.74. The van der Waals surface area contributed by atoms with Crippen LogP contribution in [0.15, 0.2) is 4.99 Å². The van der Waals surface area contributed by atoms with Crippen molar-refractivity contribution in [3.05, 3.63) is 0 Å². The first kappa shape index (κ1) is 24.3. The summed E-state index contributed by atoms with van der Waals surface area (Å²) in [5.41, 5.74) is -2.61. The number of unbranched alkanes of at least 4 members (excludes halogenated alkanes) is 8. The molecule has 29 heavy (non-hydrogen) atoms. The molecule has 0 saturated carbocycles. The minimum atomic E-state index is -2.07. The van der Waals surface area contributed by atoms with E-state index < -0.39 is 35.5 Å². The van der Waals surface area contributed by atoms with Gasteiger partial charge in [0.1, 0.15) is 6.07 Å². The van der Waals surface area contributed by atoms with Gasteiger partial charge in [-0.2, -0.15) is 15.0 Å². The molecule has 1 heterocycles. The normalized spacial score (nSPS) is 19.1. The largest absolute Gasteiger partial charge is 0.600 e. The predicted octanol–water partition coefficient (Wildman–Crippen LogP) is 3.36. The Hall–Kier alpha value is -2.76. The van der Waals surface area contributed by atoms with Crippen molar-refractivity contribution in [2.24, 2.45) is 4.99 Å². The van der Waals surface area contributed by atoms with Crippen LogP contribution in [0.3, 0.4) is 0 Å². The lowest BCUT2D eigenvalue weighted by Crippen LogP contribution is -2.49. The average Bonchev–Trinajstić information content (AvgIpc) is 3.08. The molecule has 0 radical (unpaired) electrons. The van der Waals surface area contributed by atoms with Crippen molar-refractivity contribution in [3.8, 4) is 6.07 Å². The van der Waals surface area contributed by atoms with Gasteiger partial charge in [-0.15, -0.1) is 0 Å². The number of carboxylic acids is 2. The van der Waals surface area contributed by atoms with Crippen molar-refractivity contribution >= 4 is 30.0 Å². The average molecular weight is 408 g/mol. The molecule has 1 amide bonds. The molecule has 0 aliphatic carbocycles. The number of hydrogen-bond donors (Lipinski definition) is 2. The Morgan fingerprint density at radius 3 is 2.17 bits per heavy atom. The van der Waals surface area contributed by atoms with E-state index in [1.807, 2.05) is 0 Å². The van der Waals surface area contributed by atoms with Crippen molar-refractivity contribution in [2.45, 2.75) is 89.8 Å². The highest BCUT2D eigenvalue weighted by Crippen LogP contribution is 2.27. The zero-order valence-corrected chi connectivity index (χ0v) is 17.1. The van der Waals surface area contributed by atoms with Gasteiger partial charge in [0.2, 0.25) is 11.9 Å². The monoisotopic (exact) mass is 408 g/mol. The topological polar surface area (TPSA) is 140 Å². The van der Waals surface area contributed by atoms with E-state index in [4.69, 9.17) is 10.00 Å². The second-order valence-electron chi connectivity index (χ2n) is 7.16. The molecule has 0 aromatic carbocycles. The van der Waals surface area contributed by atoms with Crippen LogP contribution >= 0.6 is 0 Å². The molecular weight excluding hydrogens is 378 g/mol. The highest BCUT2D eigenvalue weighted by atomic mass is 16.6. The van der Waals surface area contributed by atoms with Gasteiger partial charge in [0.25, 0.3) is 0 Å². The van der Waals surface area contributed by atoms with Gasteiger partial charge in [-0.1, -0.05) is 62.9 Å². The number of nitriles is 1. The van der Waals surface area contributed by atoms with Crippen molar-refractivity contribution in [1.29, 1.82) is 5.26 Å².